The van der Waals surface area contributed by atoms with Gasteiger partial charge in [0, 0.05) is 5.92 Å². The highest BCUT2D eigenvalue weighted by molar-refractivity contribution is 5.98. The summed E-state index contributed by atoms with van der Waals surface area (Å²) in [5.74, 6) is 0.0309. The van der Waals surface area contributed by atoms with Crippen molar-refractivity contribution < 1.29 is 14.3 Å². The molecule has 90 valence electrons. The lowest BCUT2D eigenvalue weighted by atomic mass is 10.2. The zero-order chi connectivity index (χ0) is 12.3. The number of amides is 2. The van der Waals surface area contributed by atoms with E-state index in [-0.39, 0.29) is 17.7 Å². The molecule has 2 rings (SSSR count). The molecule has 0 radical (unpaired) electrons. The minimum Gasteiger partial charge on any atom is -0.496 e. The fraction of sp³-hybridized carbons (Fsp3) is 0.333. The van der Waals surface area contributed by atoms with Gasteiger partial charge in [0.25, 0.3) is 5.91 Å². The Labute approximate surface area is 99.1 Å². The summed E-state index contributed by atoms with van der Waals surface area (Å²) >= 11 is 0. The molecule has 1 aromatic rings. The van der Waals surface area contributed by atoms with Gasteiger partial charge < -0.3 is 4.74 Å². The predicted molar refractivity (Wildman–Crippen MR) is 61.3 cm³/mol. The molecule has 0 unspecified atom stereocenters. The number of benzene rings is 1. The van der Waals surface area contributed by atoms with Gasteiger partial charge in [-0.2, -0.15) is 0 Å². The van der Waals surface area contributed by atoms with Crippen LogP contribution in [-0.2, 0) is 4.79 Å². The topological polar surface area (TPSA) is 67.4 Å². The Kier molecular flexibility index (Phi) is 3.27. The SMILES string of the molecule is COc1ccccc1C(=O)NNC(=O)C1CC1. The van der Waals surface area contributed by atoms with Gasteiger partial charge in [0.15, 0.2) is 0 Å². The molecule has 0 spiro atoms. The smallest absolute Gasteiger partial charge is 0.273 e. The fourth-order valence-electron chi connectivity index (χ4n) is 1.47. The quantitative estimate of drug-likeness (QED) is 0.762. The van der Waals surface area contributed by atoms with Gasteiger partial charge in [0.1, 0.15) is 5.75 Å². The lowest BCUT2D eigenvalue weighted by Gasteiger charge is -2.09. The molecule has 1 aromatic carbocycles. The zero-order valence-corrected chi connectivity index (χ0v) is 9.53. The van der Waals surface area contributed by atoms with Crippen LogP contribution < -0.4 is 15.6 Å². The zero-order valence-electron chi connectivity index (χ0n) is 9.53. The Morgan fingerprint density at radius 3 is 2.59 bits per heavy atom. The molecule has 0 aromatic heterocycles. The molecular formula is C12H14N2O3. The van der Waals surface area contributed by atoms with Gasteiger partial charge in [-0.1, -0.05) is 12.1 Å². The maximum Gasteiger partial charge on any atom is 0.273 e. The summed E-state index contributed by atoms with van der Waals surface area (Å²) in [5.41, 5.74) is 5.17. The Morgan fingerprint density at radius 1 is 1.24 bits per heavy atom. The van der Waals surface area contributed by atoms with Crippen molar-refractivity contribution in [3.8, 4) is 5.75 Å². The minimum atomic E-state index is -0.378. The average molecular weight is 234 g/mol. The Balaban J connectivity index is 1.96. The maximum atomic E-state index is 11.8. The van der Waals surface area contributed by atoms with Crippen molar-refractivity contribution in [3.63, 3.8) is 0 Å². The van der Waals surface area contributed by atoms with Crippen LogP contribution in [0.1, 0.15) is 23.2 Å². The predicted octanol–water partition coefficient (Wildman–Crippen LogP) is 0.866. The Hall–Kier alpha value is -2.04. The van der Waals surface area contributed by atoms with Crippen LogP contribution in [0.5, 0.6) is 5.75 Å². The van der Waals surface area contributed by atoms with E-state index < -0.39 is 0 Å². The maximum absolute atomic E-state index is 11.8. The highest BCUT2D eigenvalue weighted by Crippen LogP contribution is 2.28. The van der Waals surface area contributed by atoms with Crippen molar-refractivity contribution in [2.24, 2.45) is 5.92 Å². The van der Waals surface area contributed by atoms with Gasteiger partial charge in [0.05, 0.1) is 12.7 Å². The second kappa shape index (κ2) is 4.86. The van der Waals surface area contributed by atoms with Gasteiger partial charge in [0.2, 0.25) is 5.91 Å². The van der Waals surface area contributed by atoms with Gasteiger partial charge in [-0.25, -0.2) is 0 Å². The molecular weight excluding hydrogens is 220 g/mol. The van der Waals surface area contributed by atoms with Crippen LogP contribution in [0.25, 0.3) is 0 Å². The minimum absolute atomic E-state index is 0.0629. The number of hydrazine groups is 1. The van der Waals surface area contributed by atoms with E-state index in [1.54, 1.807) is 24.3 Å². The van der Waals surface area contributed by atoms with Crippen molar-refractivity contribution in [1.29, 1.82) is 0 Å². The molecule has 2 amide bonds. The summed E-state index contributed by atoms with van der Waals surface area (Å²) in [6.07, 6.45) is 1.80. The number of ether oxygens (including phenoxy) is 1. The standard InChI is InChI=1S/C12H14N2O3/c1-17-10-5-3-2-4-9(10)12(16)14-13-11(15)8-6-7-8/h2-5,8H,6-7H2,1H3,(H,13,15)(H,14,16). The van der Waals surface area contributed by atoms with Gasteiger partial charge in [-0.3, -0.25) is 20.4 Å². The molecule has 0 heterocycles. The fourth-order valence-corrected chi connectivity index (χ4v) is 1.47. The molecule has 0 bridgehead atoms. The Bertz CT molecular complexity index is 441. The number of rotatable bonds is 3. The van der Waals surface area contributed by atoms with Crippen LogP contribution in [0.2, 0.25) is 0 Å². The summed E-state index contributed by atoms with van der Waals surface area (Å²) in [6, 6.07) is 6.84. The van der Waals surface area contributed by atoms with E-state index in [1.807, 2.05) is 0 Å². The number of nitrogens with one attached hydrogen (secondary N) is 2. The van der Waals surface area contributed by atoms with Crippen molar-refractivity contribution in [2.75, 3.05) is 7.11 Å². The highest BCUT2D eigenvalue weighted by Gasteiger charge is 2.29. The highest BCUT2D eigenvalue weighted by atomic mass is 16.5. The molecule has 1 aliphatic rings. The van der Waals surface area contributed by atoms with E-state index in [0.29, 0.717) is 11.3 Å². The molecule has 1 fully saturated rings. The summed E-state index contributed by atoms with van der Waals surface area (Å²) in [5, 5.41) is 0. The summed E-state index contributed by atoms with van der Waals surface area (Å²) < 4.78 is 5.06. The van der Waals surface area contributed by atoms with E-state index in [1.165, 1.54) is 7.11 Å². The molecule has 0 atom stereocenters. The van der Waals surface area contributed by atoms with Crippen molar-refractivity contribution in [2.45, 2.75) is 12.8 Å². The van der Waals surface area contributed by atoms with Gasteiger partial charge in [-0.15, -0.1) is 0 Å². The van der Waals surface area contributed by atoms with Crippen molar-refractivity contribution in [1.82, 2.24) is 10.9 Å². The third kappa shape index (κ3) is 2.75. The number of hydrogen-bond acceptors (Lipinski definition) is 3. The third-order valence-electron chi connectivity index (χ3n) is 2.60. The lowest BCUT2D eigenvalue weighted by Crippen LogP contribution is -2.42. The second-order valence-electron chi connectivity index (χ2n) is 3.92. The number of para-hydroxylation sites is 1. The van der Waals surface area contributed by atoms with Crippen molar-refractivity contribution in [3.05, 3.63) is 29.8 Å². The third-order valence-corrected chi connectivity index (χ3v) is 2.60. The van der Waals surface area contributed by atoms with Crippen LogP contribution in [0.15, 0.2) is 24.3 Å². The number of methoxy groups -OCH3 is 1. The first-order valence-corrected chi connectivity index (χ1v) is 5.45. The average Bonchev–Trinajstić information content (AvgIpc) is 3.19. The van der Waals surface area contributed by atoms with Crippen LogP contribution in [0.4, 0.5) is 0 Å². The normalized spacial score (nSPS) is 13.9. The molecule has 0 saturated heterocycles. The van der Waals surface area contributed by atoms with Crippen LogP contribution >= 0.6 is 0 Å². The first-order valence-electron chi connectivity index (χ1n) is 5.45. The number of carbonyl (C=O) groups excluding carboxylic acids is 2. The molecule has 0 aliphatic heterocycles. The number of carbonyl (C=O) groups is 2. The van der Waals surface area contributed by atoms with Crippen LogP contribution in [-0.4, -0.2) is 18.9 Å². The summed E-state index contributed by atoms with van der Waals surface area (Å²) in [7, 11) is 1.49. The van der Waals surface area contributed by atoms with E-state index in [0.717, 1.165) is 12.8 Å². The first kappa shape index (κ1) is 11.4. The monoisotopic (exact) mass is 234 g/mol. The summed E-state index contributed by atoms with van der Waals surface area (Å²) in [6.45, 7) is 0. The largest absolute Gasteiger partial charge is 0.496 e. The molecule has 17 heavy (non-hydrogen) atoms. The van der Waals surface area contributed by atoms with E-state index in [4.69, 9.17) is 4.74 Å². The van der Waals surface area contributed by atoms with Crippen LogP contribution in [0, 0.1) is 5.92 Å². The first-order chi connectivity index (χ1) is 8.22. The lowest BCUT2D eigenvalue weighted by molar-refractivity contribution is -0.123. The molecule has 5 heteroatoms. The number of hydrogen-bond donors (Lipinski definition) is 2. The Morgan fingerprint density at radius 2 is 1.94 bits per heavy atom. The molecule has 1 aliphatic carbocycles. The van der Waals surface area contributed by atoms with E-state index in [9.17, 15) is 9.59 Å². The van der Waals surface area contributed by atoms with E-state index >= 15 is 0 Å². The molecule has 2 N–H and O–H groups in total. The van der Waals surface area contributed by atoms with Gasteiger partial charge >= 0.3 is 0 Å². The van der Waals surface area contributed by atoms with E-state index in [2.05, 4.69) is 10.9 Å². The summed E-state index contributed by atoms with van der Waals surface area (Å²) in [4.78, 5) is 23.1. The molecule has 1 saturated carbocycles. The van der Waals surface area contributed by atoms with Crippen LogP contribution in [0.3, 0.4) is 0 Å². The second-order valence-corrected chi connectivity index (χ2v) is 3.92. The molecule has 5 nitrogen and oxygen atoms in total. The van der Waals surface area contributed by atoms with Crippen molar-refractivity contribution >= 4 is 11.8 Å². The van der Waals surface area contributed by atoms with Gasteiger partial charge in [-0.05, 0) is 25.0 Å².